The molecule has 1 saturated heterocycles. The van der Waals surface area contributed by atoms with Gasteiger partial charge < -0.3 is 9.47 Å². The van der Waals surface area contributed by atoms with Crippen molar-refractivity contribution in [3.8, 4) is 0 Å². The van der Waals surface area contributed by atoms with Crippen molar-refractivity contribution in [2.24, 2.45) is 22.7 Å². The second kappa shape index (κ2) is 5.72. The molecule has 3 unspecified atom stereocenters. The van der Waals surface area contributed by atoms with E-state index in [-0.39, 0.29) is 28.5 Å². The third-order valence-electron chi connectivity index (χ3n) is 7.50. The van der Waals surface area contributed by atoms with Crippen LogP contribution >= 0.6 is 0 Å². The Bertz CT molecular complexity index is 567. The van der Waals surface area contributed by atoms with E-state index in [0.717, 1.165) is 38.5 Å². The van der Waals surface area contributed by atoms with Crippen LogP contribution < -0.4 is 0 Å². The molecule has 0 bridgehead atoms. The molecular weight excluding hydrogens is 300 g/mol. The highest BCUT2D eigenvalue weighted by Crippen LogP contribution is 2.63. The molecular formula is C21H32O3. The number of carbonyl (C=O) groups excluding carboxylic acids is 1. The second-order valence-electron chi connectivity index (χ2n) is 8.80. The van der Waals surface area contributed by atoms with Crippen molar-refractivity contribution in [2.75, 3.05) is 7.11 Å². The maximum atomic E-state index is 12.6. The Labute approximate surface area is 146 Å². The van der Waals surface area contributed by atoms with Gasteiger partial charge in [-0.25, -0.2) is 0 Å². The lowest BCUT2D eigenvalue weighted by atomic mass is 9.46. The summed E-state index contributed by atoms with van der Waals surface area (Å²) in [6.07, 6.45) is 8.37. The summed E-state index contributed by atoms with van der Waals surface area (Å²) >= 11 is 0. The predicted molar refractivity (Wildman–Crippen MR) is 95.5 cm³/mol. The van der Waals surface area contributed by atoms with Crippen molar-refractivity contribution in [3.63, 3.8) is 0 Å². The minimum absolute atomic E-state index is 0.0386. The van der Waals surface area contributed by atoms with Crippen molar-refractivity contribution >= 4 is 5.97 Å². The van der Waals surface area contributed by atoms with Gasteiger partial charge in [-0.1, -0.05) is 31.6 Å². The van der Waals surface area contributed by atoms with Crippen LogP contribution in [0.25, 0.3) is 0 Å². The van der Waals surface area contributed by atoms with Gasteiger partial charge in [0.05, 0.1) is 18.6 Å². The van der Waals surface area contributed by atoms with Gasteiger partial charge >= 0.3 is 5.97 Å². The Morgan fingerprint density at radius 3 is 2.67 bits per heavy atom. The molecule has 2 aliphatic carbocycles. The van der Waals surface area contributed by atoms with Crippen LogP contribution in [0.3, 0.4) is 0 Å². The van der Waals surface area contributed by atoms with Crippen molar-refractivity contribution in [3.05, 3.63) is 24.8 Å². The molecule has 0 aromatic heterocycles. The summed E-state index contributed by atoms with van der Waals surface area (Å²) in [4.78, 5) is 12.6. The van der Waals surface area contributed by atoms with Gasteiger partial charge in [-0.3, -0.25) is 4.79 Å². The van der Waals surface area contributed by atoms with Crippen LogP contribution in [0.5, 0.6) is 0 Å². The van der Waals surface area contributed by atoms with Crippen LogP contribution in [0.15, 0.2) is 24.8 Å². The minimum Gasteiger partial charge on any atom is -0.469 e. The number of hydrogen-bond donors (Lipinski definition) is 0. The van der Waals surface area contributed by atoms with Crippen molar-refractivity contribution in [1.82, 2.24) is 0 Å². The number of allylic oxidation sites excluding steroid dienone is 1. The second-order valence-corrected chi connectivity index (χ2v) is 8.80. The summed E-state index contributed by atoms with van der Waals surface area (Å²) in [5.41, 5.74) is 0.895. The topological polar surface area (TPSA) is 38.8 Å². The number of methoxy groups -OCH3 is 1. The molecule has 1 heterocycles. The monoisotopic (exact) mass is 332 g/mol. The molecule has 1 aliphatic heterocycles. The molecule has 6 atom stereocenters. The van der Waals surface area contributed by atoms with E-state index >= 15 is 0 Å². The average molecular weight is 332 g/mol. The Balaban J connectivity index is 1.88. The number of fused-ring (bicyclic) bond motifs is 1. The van der Waals surface area contributed by atoms with E-state index in [2.05, 4.69) is 33.9 Å². The van der Waals surface area contributed by atoms with Gasteiger partial charge in [-0.15, -0.1) is 6.58 Å². The predicted octanol–water partition coefficient (Wildman–Crippen LogP) is 4.67. The fraction of sp³-hybridized carbons (Fsp3) is 0.762. The van der Waals surface area contributed by atoms with Crippen LogP contribution in [0.1, 0.15) is 59.3 Å². The molecule has 0 N–H and O–H groups in total. The highest BCUT2D eigenvalue weighted by Gasteiger charge is 2.60. The van der Waals surface area contributed by atoms with Gasteiger partial charge in [-0.05, 0) is 63.2 Å². The number of epoxide rings is 1. The number of esters is 1. The first-order chi connectivity index (χ1) is 11.2. The molecule has 2 saturated carbocycles. The third kappa shape index (κ3) is 2.47. The third-order valence-corrected chi connectivity index (χ3v) is 7.50. The molecule has 3 aliphatic rings. The maximum absolute atomic E-state index is 12.6. The molecule has 0 aromatic rings. The van der Waals surface area contributed by atoms with Gasteiger partial charge in [-0.2, -0.15) is 0 Å². The van der Waals surface area contributed by atoms with Gasteiger partial charge in [0.1, 0.15) is 5.60 Å². The number of carbonyl (C=O) groups is 1. The zero-order valence-corrected chi connectivity index (χ0v) is 15.7. The smallest absolute Gasteiger partial charge is 0.311 e. The van der Waals surface area contributed by atoms with E-state index in [4.69, 9.17) is 9.47 Å². The highest BCUT2D eigenvalue weighted by molar-refractivity contribution is 5.77. The lowest BCUT2D eigenvalue weighted by Gasteiger charge is -2.57. The Morgan fingerprint density at radius 1 is 1.38 bits per heavy atom. The lowest BCUT2D eigenvalue weighted by molar-refractivity contribution is -0.168. The molecule has 0 aromatic carbocycles. The number of rotatable bonds is 4. The zero-order valence-electron chi connectivity index (χ0n) is 15.7. The largest absolute Gasteiger partial charge is 0.469 e. The first kappa shape index (κ1) is 17.7. The van der Waals surface area contributed by atoms with Gasteiger partial charge in [0.2, 0.25) is 0 Å². The highest BCUT2D eigenvalue weighted by atomic mass is 16.6. The van der Waals surface area contributed by atoms with Crippen LogP contribution in [0.2, 0.25) is 0 Å². The zero-order chi connectivity index (χ0) is 17.8. The normalized spacial score (nSPS) is 47.7. The van der Waals surface area contributed by atoms with E-state index in [0.29, 0.717) is 11.8 Å². The van der Waals surface area contributed by atoms with Crippen LogP contribution in [0.4, 0.5) is 0 Å². The van der Waals surface area contributed by atoms with Crippen molar-refractivity contribution in [2.45, 2.75) is 71.0 Å². The summed E-state index contributed by atoms with van der Waals surface area (Å²) < 4.78 is 11.1. The molecule has 0 spiro atoms. The summed E-state index contributed by atoms with van der Waals surface area (Å²) in [6, 6.07) is 0. The lowest BCUT2D eigenvalue weighted by Crippen LogP contribution is -2.53. The van der Waals surface area contributed by atoms with E-state index < -0.39 is 0 Å². The molecule has 0 amide bonds. The van der Waals surface area contributed by atoms with E-state index in [9.17, 15) is 4.79 Å². The SMILES string of the molecule is C=CC1(C)OC1C[C@H]1C(=C)CCC2[C@]1(C)CCC[C@]2(C)C(=O)OC. The molecule has 24 heavy (non-hydrogen) atoms. The number of hydrogen-bond acceptors (Lipinski definition) is 3. The van der Waals surface area contributed by atoms with Crippen LogP contribution in [-0.4, -0.2) is 24.8 Å². The first-order valence-electron chi connectivity index (χ1n) is 9.29. The van der Waals surface area contributed by atoms with Gasteiger partial charge in [0.15, 0.2) is 0 Å². The molecule has 3 rings (SSSR count). The Kier molecular flexibility index (Phi) is 4.23. The summed E-state index contributed by atoms with van der Waals surface area (Å²) in [5, 5.41) is 0. The fourth-order valence-corrected chi connectivity index (χ4v) is 5.81. The van der Waals surface area contributed by atoms with Crippen LogP contribution in [0, 0.1) is 22.7 Å². The van der Waals surface area contributed by atoms with Gasteiger partial charge in [0, 0.05) is 0 Å². The Morgan fingerprint density at radius 2 is 2.08 bits per heavy atom. The van der Waals surface area contributed by atoms with E-state index in [1.807, 2.05) is 6.08 Å². The number of ether oxygens (including phenoxy) is 2. The summed E-state index contributed by atoms with van der Waals surface area (Å²) in [7, 11) is 1.52. The molecule has 3 heteroatoms. The first-order valence-corrected chi connectivity index (χ1v) is 9.29. The molecule has 0 radical (unpaired) electrons. The minimum atomic E-state index is -0.368. The molecule has 134 valence electrons. The quantitative estimate of drug-likeness (QED) is 0.426. The summed E-state index contributed by atoms with van der Waals surface area (Å²) in [5.74, 6) is 0.728. The van der Waals surface area contributed by atoms with Crippen molar-refractivity contribution in [1.29, 1.82) is 0 Å². The molecule has 3 nitrogen and oxygen atoms in total. The maximum Gasteiger partial charge on any atom is 0.311 e. The fourth-order valence-electron chi connectivity index (χ4n) is 5.81. The van der Waals surface area contributed by atoms with E-state index in [1.54, 1.807) is 0 Å². The van der Waals surface area contributed by atoms with Crippen LogP contribution in [-0.2, 0) is 14.3 Å². The average Bonchev–Trinajstić information content (AvgIpc) is 3.20. The molecule has 3 fully saturated rings. The van der Waals surface area contributed by atoms with Gasteiger partial charge in [0.25, 0.3) is 0 Å². The Hall–Kier alpha value is -1.09. The summed E-state index contributed by atoms with van der Waals surface area (Å²) in [6.45, 7) is 14.9. The standard InChI is InChI=1S/C21H32O3/c1-7-21(5)17(24-21)13-15-14(2)9-10-16-19(15,3)11-8-12-20(16,4)18(22)23-6/h7,15-17H,1-2,8-13H2,3-6H3/t15-,16?,17?,19+,20-,21?/m0/s1. The van der Waals surface area contributed by atoms with E-state index in [1.165, 1.54) is 12.7 Å². The van der Waals surface area contributed by atoms with Crippen molar-refractivity contribution < 1.29 is 14.3 Å².